The number of sulfonamides is 1. The maximum absolute atomic E-state index is 12.2. The summed E-state index contributed by atoms with van der Waals surface area (Å²) in [7, 11) is -0.425. The molecule has 1 fully saturated rings. The van der Waals surface area contributed by atoms with E-state index in [2.05, 4.69) is 31.0 Å². The first-order valence-corrected chi connectivity index (χ1v) is 7.82. The van der Waals surface area contributed by atoms with Crippen LogP contribution in [-0.4, -0.2) is 42.7 Å². The smallest absolute Gasteiger partial charge is 0.260 e. The van der Waals surface area contributed by atoms with Crippen LogP contribution in [0, 0.1) is 0 Å². The van der Waals surface area contributed by atoms with Crippen molar-refractivity contribution in [1.82, 2.24) is 19.7 Å². The van der Waals surface area contributed by atoms with Crippen LogP contribution in [0.3, 0.4) is 0 Å². The SMILES string of the molecule is COC1CCC(NS(=O)(=O)c2c(Br)nnn2C)C1. The van der Waals surface area contributed by atoms with Crippen molar-refractivity contribution in [1.29, 1.82) is 0 Å². The summed E-state index contributed by atoms with van der Waals surface area (Å²) < 4.78 is 33.7. The molecule has 0 amide bonds. The number of nitrogens with one attached hydrogen (secondary N) is 1. The standard InChI is InChI=1S/C9H15BrN4O3S/c1-14-9(8(10)11-13-14)18(15,16)12-6-3-4-7(5-6)17-2/h6-7,12H,3-5H2,1-2H3. The first-order chi connectivity index (χ1) is 8.44. The molecular weight excluding hydrogens is 324 g/mol. The van der Waals surface area contributed by atoms with Gasteiger partial charge >= 0.3 is 0 Å². The summed E-state index contributed by atoms with van der Waals surface area (Å²) >= 11 is 3.09. The van der Waals surface area contributed by atoms with Crippen LogP contribution >= 0.6 is 15.9 Å². The highest BCUT2D eigenvalue weighted by Crippen LogP contribution is 2.24. The predicted octanol–water partition coefficient (Wildman–Crippen LogP) is 0.423. The first-order valence-electron chi connectivity index (χ1n) is 5.54. The molecule has 2 atom stereocenters. The van der Waals surface area contributed by atoms with Crippen molar-refractivity contribution in [3.05, 3.63) is 4.60 Å². The molecule has 0 aromatic carbocycles. The highest BCUT2D eigenvalue weighted by atomic mass is 79.9. The average Bonchev–Trinajstić information content (AvgIpc) is 2.85. The van der Waals surface area contributed by atoms with Gasteiger partial charge < -0.3 is 4.74 Å². The van der Waals surface area contributed by atoms with Crippen molar-refractivity contribution >= 4 is 26.0 Å². The molecule has 1 aliphatic carbocycles. The van der Waals surface area contributed by atoms with E-state index in [-0.39, 0.29) is 21.8 Å². The van der Waals surface area contributed by atoms with Crippen molar-refractivity contribution in [3.63, 3.8) is 0 Å². The van der Waals surface area contributed by atoms with Gasteiger partial charge in [0.05, 0.1) is 6.10 Å². The third-order valence-electron chi connectivity index (χ3n) is 3.03. The van der Waals surface area contributed by atoms with Crippen LogP contribution in [0.4, 0.5) is 0 Å². The molecule has 1 heterocycles. The van der Waals surface area contributed by atoms with Gasteiger partial charge in [0.15, 0.2) is 4.60 Å². The summed E-state index contributed by atoms with van der Waals surface area (Å²) in [4.78, 5) is 0. The molecule has 0 saturated heterocycles. The van der Waals surface area contributed by atoms with E-state index in [0.29, 0.717) is 6.42 Å². The third kappa shape index (κ3) is 2.73. The van der Waals surface area contributed by atoms with E-state index in [9.17, 15) is 8.42 Å². The number of halogens is 1. The Bertz CT molecular complexity index is 510. The van der Waals surface area contributed by atoms with Gasteiger partial charge in [0.1, 0.15) is 0 Å². The lowest BCUT2D eigenvalue weighted by molar-refractivity contribution is 0.107. The number of hydrogen-bond donors (Lipinski definition) is 1. The highest BCUT2D eigenvalue weighted by Gasteiger charge is 2.31. The second kappa shape index (κ2) is 5.24. The topological polar surface area (TPSA) is 86.1 Å². The summed E-state index contributed by atoms with van der Waals surface area (Å²) in [5.41, 5.74) is 0. The average molecular weight is 339 g/mol. The van der Waals surface area contributed by atoms with Crippen LogP contribution in [0.15, 0.2) is 9.63 Å². The Morgan fingerprint density at radius 3 is 2.72 bits per heavy atom. The van der Waals surface area contributed by atoms with Gasteiger partial charge in [-0.25, -0.2) is 17.8 Å². The van der Waals surface area contributed by atoms with E-state index in [1.807, 2.05) is 0 Å². The fourth-order valence-corrected chi connectivity index (χ4v) is 4.52. The summed E-state index contributed by atoms with van der Waals surface area (Å²) in [6.07, 6.45) is 2.47. The van der Waals surface area contributed by atoms with Crippen molar-refractivity contribution in [2.75, 3.05) is 7.11 Å². The van der Waals surface area contributed by atoms with Gasteiger partial charge in [-0.3, -0.25) is 0 Å². The highest BCUT2D eigenvalue weighted by molar-refractivity contribution is 9.10. The molecule has 2 rings (SSSR count). The third-order valence-corrected chi connectivity index (χ3v) is 5.44. The molecule has 1 saturated carbocycles. The number of aryl methyl sites for hydroxylation is 1. The van der Waals surface area contributed by atoms with Crippen molar-refractivity contribution in [3.8, 4) is 0 Å². The zero-order valence-corrected chi connectivity index (χ0v) is 12.5. The molecule has 1 aromatic heterocycles. The molecule has 1 aliphatic rings. The van der Waals surface area contributed by atoms with Gasteiger partial charge in [0.2, 0.25) is 5.03 Å². The molecule has 0 radical (unpaired) electrons. The van der Waals surface area contributed by atoms with Gasteiger partial charge in [-0.05, 0) is 35.2 Å². The molecule has 1 aromatic rings. The van der Waals surface area contributed by atoms with Crippen LogP contribution in [-0.2, 0) is 21.8 Å². The fraction of sp³-hybridized carbons (Fsp3) is 0.778. The van der Waals surface area contributed by atoms with E-state index in [4.69, 9.17) is 4.74 Å². The minimum Gasteiger partial charge on any atom is -0.381 e. The zero-order valence-electron chi connectivity index (χ0n) is 10.1. The molecule has 18 heavy (non-hydrogen) atoms. The summed E-state index contributed by atoms with van der Waals surface area (Å²) in [6.45, 7) is 0. The van der Waals surface area contributed by atoms with E-state index in [0.717, 1.165) is 12.8 Å². The van der Waals surface area contributed by atoms with E-state index in [1.54, 1.807) is 14.2 Å². The number of rotatable bonds is 4. The summed E-state index contributed by atoms with van der Waals surface area (Å²) in [5, 5.41) is 7.38. The van der Waals surface area contributed by atoms with Crippen LogP contribution in [0.5, 0.6) is 0 Å². The van der Waals surface area contributed by atoms with Crippen LogP contribution in [0.2, 0.25) is 0 Å². The molecule has 0 bridgehead atoms. The molecule has 1 N–H and O–H groups in total. The first kappa shape index (κ1) is 13.9. The maximum atomic E-state index is 12.2. The van der Waals surface area contributed by atoms with Crippen molar-refractivity contribution in [2.24, 2.45) is 7.05 Å². The molecule has 102 valence electrons. The van der Waals surface area contributed by atoms with E-state index >= 15 is 0 Å². The molecule has 9 heteroatoms. The van der Waals surface area contributed by atoms with Gasteiger partial charge in [-0.2, -0.15) is 0 Å². The van der Waals surface area contributed by atoms with Crippen molar-refractivity contribution < 1.29 is 13.2 Å². The maximum Gasteiger partial charge on any atom is 0.260 e. The van der Waals surface area contributed by atoms with E-state index < -0.39 is 10.0 Å². The number of ether oxygens (including phenoxy) is 1. The Morgan fingerprint density at radius 2 is 2.22 bits per heavy atom. The predicted molar refractivity (Wildman–Crippen MR) is 67.5 cm³/mol. The quantitative estimate of drug-likeness (QED) is 0.859. The van der Waals surface area contributed by atoms with Gasteiger partial charge in [0.25, 0.3) is 10.0 Å². The molecular formula is C9H15BrN4O3S. The minimum absolute atomic E-state index is 0.0448. The Hall–Kier alpha value is -0.510. The fourth-order valence-electron chi connectivity index (χ4n) is 2.14. The normalized spacial score (nSPS) is 24.6. The van der Waals surface area contributed by atoms with Crippen LogP contribution in [0.1, 0.15) is 19.3 Å². The Kier molecular flexibility index (Phi) is 4.05. The second-order valence-electron chi connectivity index (χ2n) is 4.30. The van der Waals surface area contributed by atoms with Crippen molar-refractivity contribution in [2.45, 2.75) is 36.4 Å². The Balaban J connectivity index is 2.14. The number of aromatic nitrogens is 3. The monoisotopic (exact) mass is 338 g/mol. The lowest BCUT2D eigenvalue weighted by Crippen LogP contribution is -2.34. The zero-order chi connectivity index (χ0) is 13.3. The molecule has 2 unspecified atom stereocenters. The number of nitrogens with zero attached hydrogens (tertiary/aromatic N) is 3. The van der Waals surface area contributed by atoms with Gasteiger partial charge in [-0.1, -0.05) is 5.21 Å². The number of methoxy groups -OCH3 is 1. The lowest BCUT2D eigenvalue weighted by Gasteiger charge is -2.13. The van der Waals surface area contributed by atoms with Gasteiger partial charge in [-0.15, -0.1) is 5.10 Å². The van der Waals surface area contributed by atoms with Gasteiger partial charge in [0, 0.05) is 20.2 Å². The minimum atomic E-state index is -3.61. The van der Waals surface area contributed by atoms with E-state index in [1.165, 1.54) is 4.68 Å². The van der Waals surface area contributed by atoms with Crippen LogP contribution in [0.25, 0.3) is 0 Å². The number of hydrogen-bond acceptors (Lipinski definition) is 5. The summed E-state index contributed by atoms with van der Waals surface area (Å²) in [6, 6.07) is -0.0956. The summed E-state index contributed by atoms with van der Waals surface area (Å²) in [5.74, 6) is 0. The Labute approximate surface area is 114 Å². The van der Waals surface area contributed by atoms with Crippen LogP contribution < -0.4 is 4.72 Å². The molecule has 0 aliphatic heterocycles. The lowest BCUT2D eigenvalue weighted by atomic mass is 10.3. The Morgan fingerprint density at radius 1 is 1.50 bits per heavy atom. The largest absolute Gasteiger partial charge is 0.381 e. The molecule has 0 spiro atoms. The molecule has 7 nitrogen and oxygen atoms in total. The second-order valence-corrected chi connectivity index (χ2v) is 6.68.